The average Bonchev–Trinajstić information content (AvgIpc) is 3.33. The van der Waals surface area contributed by atoms with Gasteiger partial charge in [-0.3, -0.25) is 9.59 Å². The molecule has 0 spiro atoms. The van der Waals surface area contributed by atoms with Crippen LogP contribution >= 0.6 is 22.6 Å². The standard InChI is InChI=1S/C19H17IN2O6/c1-27-13-5-9(4-12(20)17(13)28-8-14(23)24)7-21-22-18(25)15-10-2-3-11(6-10)16(15)19(22)26/h2-5,7,10-11,15-16H,6,8H2,1H3,(H,23,24)/t10-,11-,15-,16+/m0/s1. The first-order chi connectivity index (χ1) is 13.4. The van der Waals surface area contributed by atoms with Crippen LogP contribution in [0.1, 0.15) is 12.0 Å². The van der Waals surface area contributed by atoms with Crippen molar-refractivity contribution in [3.05, 3.63) is 33.4 Å². The van der Waals surface area contributed by atoms with Gasteiger partial charge >= 0.3 is 5.97 Å². The second-order valence-electron chi connectivity index (χ2n) is 6.95. The first-order valence-corrected chi connectivity index (χ1v) is 9.81. The van der Waals surface area contributed by atoms with Gasteiger partial charge < -0.3 is 14.6 Å². The number of benzene rings is 1. The molecule has 3 aliphatic rings. The zero-order valence-corrected chi connectivity index (χ0v) is 17.0. The van der Waals surface area contributed by atoms with Crippen molar-refractivity contribution < 1.29 is 29.0 Å². The lowest BCUT2D eigenvalue weighted by Gasteiger charge is -2.13. The van der Waals surface area contributed by atoms with Gasteiger partial charge in [-0.1, -0.05) is 12.2 Å². The molecule has 9 heteroatoms. The van der Waals surface area contributed by atoms with Gasteiger partial charge in [-0.15, -0.1) is 0 Å². The fourth-order valence-electron chi connectivity index (χ4n) is 4.21. The minimum atomic E-state index is -1.09. The van der Waals surface area contributed by atoms with Crippen molar-refractivity contribution >= 4 is 46.6 Å². The fourth-order valence-corrected chi connectivity index (χ4v) is 4.99. The number of methoxy groups -OCH3 is 1. The zero-order chi connectivity index (χ0) is 20.0. The highest BCUT2D eigenvalue weighted by atomic mass is 127. The zero-order valence-electron chi connectivity index (χ0n) is 14.9. The summed E-state index contributed by atoms with van der Waals surface area (Å²) >= 11 is 2.00. The Balaban J connectivity index is 1.55. The SMILES string of the molecule is COc1cc(C=NN2C(=O)[C@@H]3[C@H](C2=O)[C@H]2C=C[C@H]3C2)cc(I)c1OCC(=O)O. The Hall–Kier alpha value is -2.43. The first-order valence-electron chi connectivity index (χ1n) is 8.73. The van der Waals surface area contributed by atoms with Crippen molar-refractivity contribution in [2.45, 2.75) is 6.42 Å². The summed E-state index contributed by atoms with van der Waals surface area (Å²) in [4.78, 5) is 36.0. The summed E-state index contributed by atoms with van der Waals surface area (Å²) in [5.74, 6) is -1.24. The number of imide groups is 1. The van der Waals surface area contributed by atoms with Crippen molar-refractivity contribution in [3.8, 4) is 11.5 Å². The van der Waals surface area contributed by atoms with Crippen LogP contribution in [0.4, 0.5) is 0 Å². The summed E-state index contributed by atoms with van der Waals surface area (Å²) in [6.07, 6.45) is 6.37. The molecule has 0 unspecified atom stereocenters. The van der Waals surface area contributed by atoms with Crippen molar-refractivity contribution in [3.63, 3.8) is 0 Å². The Morgan fingerprint density at radius 1 is 1.29 bits per heavy atom. The van der Waals surface area contributed by atoms with E-state index in [0.717, 1.165) is 11.4 Å². The number of carboxylic acid groups (broad SMARTS) is 1. The molecule has 4 atom stereocenters. The van der Waals surface area contributed by atoms with Gasteiger partial charge in [0, 0.05) is 0 Å². The molecule has 1 heterocycles. The number of allylic oxidation sites excluding steroid dienone is 2. The fraction of sp³-hybridized carbons (Fsp3) is 0.368. The molecule has 1 aromatic carbocycles. The molecular formula is C19H17IN2O6. The first kappa shape index (κ1) is 18.9. The van der Waals surface area contributed by atoms with E-state index in [0.29, 0.717) is 20.6 Å². The Labute approximate surface area is 174 Å². The number of hydrogen-bond acceptors (Lipinski definition) is 6. The van der Waals surface area contributed by atoms with E-state index in [4.69, 9.17) is 14.6 Å². The van der Waals surface area contributed by atoms with Crippen LogP contribution in [0.15, 0.2) is 29.4 Å². The van der Waals surface area contributed by atoms with E-state index in [-0.39, 0.29) is 35.5 Å². The molecule has 2 amide bonds. The number of carbonyl (C=O) groups is 3. The van der Waals surface area contributed by atoms with Gasteiger partial charge in [0.05, 0.1) is 28.7 Å². The summed E-state index contributed by atoms with van der Waals surface area (Å²) in [6.45, 7) is -0.490. The average molecular weight is 496 g/mol. The smallest absolute Gasteiger partial charge is 0.341 e. The molecule has 2 bridgehead atoms. The van der Waals surface area contributed by atoms with Crippen LogP contribution in [0, 0.1) is 27.2 Å². The van der Waals surface area contributed by atoms with Crippen LogP contribution in [0.2, 0.25) is 0 Å². The summed E-state index contributed by atoms with van der Waals surface area (Å²) in [5, 5.41) is 13.9. The van der Waals surface area contributed by atoms with Crippen LogP contribution in [-0.2, 0) is 14.4 Å². The lowest BCUT2D eigenvalue weighted by Crippen LogP contribution is -2.28. The molecule has 4 rings (SSSR count). The van der Waals surface area contributed by atoms with Gasteiger partial charge in [-0.25, -0.2) is 4.79 Å². The predicted molar refractivity (Wildman–Crippen MR) is 106 cm³/mol. The normalized spacial score (nSPS) is 27.7. The van der Waals surface area contributed by atoms with E-state index in [1.54, 1.807) is 12.1 Å². The van der Waals surface area contributed by atoms with Crippen molar-refractivity contribution in [2.24, 2.45) is 28.8 Å². The van der Waals surface area contributed by atoms with Crippen LogP contribution in [-0.4, -0.2) is 47.8 Å². The lowest BCUT2D eigenvalue weighted by atomic mass is 9.85. The molecule has 28 heavy (non-hydrogen) atoms. The molecule has 1 aliphatic heterocycles. The molecule has 146 valence electrons. The van der Waals surface area contributed by atoms with Crippen LogP contribution in [0.25, 0.3) is 0 Å². The number of fused-ring (bicyclic) bond motifs is 5. The van der Waals surface area contributed by atoms with Crippen molar-refractivity contribution in [1.29, 1.82) is 0 Å². The lowest BCUT2D eigenvalue weighted by molar-refractivity contribution is -0.141. The van der Waals surface area contributed by atoms with Gasteiger partial charge in [-0.2, -0.15) is 10.1 Å². The Morgan fingerprint density at radius 2 is 1.93 bits per heavy atom. The number of aliphatic carboxylic acids is 1. The van der Waals surface area contributed by atoms with E-state index in [1.165, 1.54) is 13.3 Å². The second-order valence-corrected chi connectivity index (χ2v) is 8.11. The molecule has 8 nitrogen and oxygen atoms in total. The highest BCUT2D eigenvalue weighted by Gasteiger charge is 2.59. The van der Waals surface area contributed by atoms with E-state index >= 15 is 0 Å². The summed E-state index contributed by atoms with van der Waals surface area (Å²) in [6, 6.07) is 3.32. The maximum absolute atomic E-state index is 12.7. The maximum Gasteiger partial charge on any atom is 0.341 e. The number of halogens is 1. The molecule has 0 radical (unpaired) electrons. The monoisotopic (exact) mass is 496 g/mol. The number of nitrogens with zero attached hydrogens (tertiary/aromatic N) is 2. The molecule has 1 N–H and O–H groups in total. The third-order valence-electron chi connectivity index (χ3n) is 5.36. The number of carbonyl (C=O) groups excluding carboxylic acids is 2. The van der Waals surface area contributed by atoms with Gasteiger partial charge in [0.15, 0.2) is 18.1 Å². The van der Waals surface area contributed by atoms with E-state index < -0.39 is 12.6 Å². The van der Waals surface area contributed by atoms with Crippen LogP contribution < -0.4 is 9.47 Å². The number of hydrazone groups is 1. The summed E-state index contributed by atoms with van der Waals surface area (Å²) < 4.78 is 11.2. The minimum Gasteiger partial charge on any atom is -0.493 e. The molecular weight excluding hydrogens is 479 g/mol. The maximum atomic E-state index is 12.7. The van der Waals surface area contributed by atoms with Crippen LogP contribution in [0.5, 0.6) is 11.5 Å². The summed E-state index contributed by atoms with van der Waals surface area (Å²) in [7, 11) is 1.44. The number of hydrogen-bond donors (Lipinski definition) is 1. The van der Waals surface area contributed by atoms with Gasteiger partial charge in [0.2, 0.25) is 0 Å². The van der Waals surface area contributed by atoms with Gasteiger partial charge in [0.25, 0.3) is 11.8 Å². The van der Waals surface area contributed by atoms with Gasteiger partial charge in [-0.05, 0) is 58.5 Å². The Bertz CT molecular complexity index is 897. The highest BCUT2D eigenvalue weighted by molar-refractivity contribution is 14.1. The number of ether oxygens (including phenoxy) is 2. The second kappa shape index (κ2) is 7.19. The molecule has 2 fully saturated rings. The Kier molecular flexibility index (Phi) is 4.86. The third kappa shape index (κ3) is 3.07. The quantitative estimate of drug-likeness (QED) is 0.279. The van der Waals surface area contributed by atoms with Crippen molar-refractivity contribution in [2.75, 3.05) is 13.7 Å². The molecule has 0 aromatic heterocycles. The predicted octanol–water partition coefficient (Wildman–Crippen LogP) is 1.90. The third-order valence-corrected chi connectivity index (χ3v) is 6.16. The number of amides is 2. The van der Waals surface area contributed by atoms with E-state index in [1.807, 2.05) is 34.7 Å². The number of carboxylic acids is 1. The van der Waals surface area contributed by atoms with Crippen LogP contribution in [0.3, 0.4) is 0 Å². The minimum absolute atomic E-state index is 0.137. The van der Waals surface area contributed by atoms with Crippen molar-refractivity contribution in [1.82, 2.24) is 5.01 Å². The van der Waals surface area contributed by atoms with E-state index in [9.17, 15) is 14.4 Å². The van der Waals surface area contributed by atoms with E-state index in [2.05, 4.69) is 5.10 Å². The largest absolute Gasteiger partial charge is 0.493 e. The molecule has 1 saturated heterocycles. The summed E-state index contributed by atoms with van der Waals surface area (Å²) in [5.41, 5.74) is 0.600. The topological polar surface area (TPSA) is 106 Å². The molecule has 1 aromatic rings. The number of rotatable bonds is 6. The molecule has 2 aliphatic carbocycles. The molecule has 1 saturated carbocycles. The Morgan fingerprint density at radius 3 is 2.50 bits per heavy atom. The van der Waals surface area contributed by atoms with Gasteiger partial charge in [0.1, 0.15) is 0 Å². The highest BCUT2D eigenvalue weighted by Crippen LogP contribution is 2.52.